The highest BCUT2D eigenvalue weighted by Crippen LogP contribution is 2.26. The molecule has 0 atom stereocenters. The number of anilines is 2. The van der Waals surface area contributed by atoms with E-state index in [0.717, 1.165) is 17.1 Å². The van der Waals surface area contributed by atoms with Crippen LogP contribution in [0.5, 0.6) is 5.75 Å². The summed E-state index contributed by atoms with van der Waals surface area (Å²) in [5.74, 6) is 0.853. The zero-order valence-corrected chi connectivity index (χ0v) is 10.5. The van der Waals surface area contributed by atoms with E-state index in [9.17, 15) is 0 Å². The van der Waals surface area contributed by atoms with Gasteiger partial charge < -0.3 is 15.8 Å². The predicted molar refractivity (Wildman–Crippen MR) is 72.5 cm³/mol. The Morgan fingerprint density at radius 2 is 2.00 bits per heavy atom. The average molecular weight is 234 g/mol. The van der Waals surface area contributed by atoms with Crippen molar-refractivity contribution in [3.63, 3.8) is 0 Å². The van der Waals surface area contributed by atoms with Crippen molar-refractivity contribution in [3.8, 4) is 5.75 Å². The van der Waals surface area contributed by atoms with Gasteiger partial charge in [0, 0.05) is 29.5 Å². The van der Waals surface area contributed by atoms with E-state index in [4.69, 9.17) is 10.5 Å². The number of hydrogen-bond donors (Lipinski definition) is 2. The summed E-state index contributed by atoms with van der Waals surface area (Å²) in [7, 11) is 0. The number of benzene rings is 1. The molecule has 1 aromatic carbocycles. The molecule has 0 aromatic heterocycles. The number of nitrogens with one attached hydrogen (secondary N) is 1. The van der Waals surface area contributed by atoms with Gasteiger partial charge in [0.05, 0.1) is 6.61 Å². The van der Waals surface area contributed by atoms with Gasteiger partial charge in [0.2, 0.25) is 0 Å². The molecule has 3 nitrogen and oxygen atoms in total. The van der Waals surface area contributed by atoms with Crippen LogP contribution in [0.1, 0.15) is 39.0 Å². The van der Waals surface area contributed by atoms with Crippen LogP contribution in [-0.4, -0.2) is 12.6 Å². The molecule has 3 N–H and O–H groups in total. The maximum atomic E-state index is 5.87. The van der Waals surface area contributed by atoms with E-state index in [0.29, 0.717) is 12.6 Å². The second-order valence-electron chi connectivity index (χ2n) is 4.70. The van der Waals surface area contributed by atoms with Gasteiger partial charge in [0.15, 0.2) is 0 Å². The minimum absolute atomic E-state index is 0.597. The number of nitrogens with two attached hydrogens (primary N) is 1. The van der Waals surface area contributed by atoms with Crippen molar-refractivity contribution < 1.29 is 4.74 Å². The highest BCUT2D eigenvalue weighted by Gasteiger charge is 2.13. The Morgan fingerprint density at radius 3 is 2.71 bits per heavy atom. The predicted octanol–water partition coefficient (Wildman–Crippen LogP) is 3.41. The molecule has 0 bridgehead atoms. The van der Waals surface area contributed by atoms with Gasteiger partial charge in [0.25, 0.3) is 0 Å². The molecule has 1 fully saturated rings. The normalized spacial score (nSPS) is 16.8. The summed E-state index contributed by atoms with van der Waals surface area (Å²) < 4.78 is 5.50. The first-order valence-electron chi connectivity index (χ1n) is 6.58. The maximum absolute atomic E-state index is 5.87. The first kappa shape index (κ1) is 12.1. The lowest BCUT2D eigenvalue weighted by molar-refractivity contribution is 0.340. The van der Waals surface area contributed by atoms with Crippen LogP contribution in [0.15, 0.2) is 18.2 Å². The summed E-state index contributed by atoms with van der Waals surface area (Å²) in [6.45, 7) is 2.66. The van der Waals surface area contributed by atoms with Crippen LogP contribution in [0, 0.1) is 0 Å². The van der Waals surface area contributed by atoms with E-state index >= 15 is 0 Å². The smallest absolute Gasteiger partial charge is 0.123 e. The van der Waals surface area contributed by atoms with Crippen LogP contribution in [0.2, 0.25) is 0 Å². The summed E-state index contributed by atoms with van der Waals surface area (Å²) in [6, 6.07) is 6.49. The number of rotatable bonds is 4. The third-order valence-electron chi connectivity index (χ3n) is 3.22. The zero-order valence-electron chi connectivity index (χ0n) is 10.5. The molecule has 17 heavy (non-hydrogen) atoms. The van der Waals surface area contributed by atoms with Crippen molar-refractivity contribution in [2.75, 3.05) is 17.7 Å². The van der Waals surface area contributed by atoms with Crippen molar-refractivity contribution >= 4 is 11.4 Å². The van der Waals surface area contributed by atoms with Gasteiger partial charge in [-0.3, -0.25) is 0 Å². The standard InChI is InChI=1S/C14H22N2O/c1-2-17-14-9-11(15)8-13(10-14)16-12-6-4-3-5-7-12/h8-10,12,16H,2-7,15H2,1H3. The van der Waals surface area contributed by atoms with E-state index in [2.05, 4.69) is 5.32 Å². The molecule has 1 aliphatic carbocycles. The molecule has 0 aliphatic heterocycles. The first-order valence-corrected chi connectivity index (χ1v) is 6.58. The SMILES string of the molecule is CCOc1cc(N)cc(NC2CCCCC2)c1. The third kappa shape index (κ3) is 3.55. The Bertz CT molecular complexity index is 359. The van der Waals surface area contributed by atoms with Gasteiger partial charge in [-0.25, -0.2) is 0 Å². The van der Waals surface area contributed by atoms with E-state index in [1.807, 2.05) is 25.1 Å². The molecular formula is C14H22N2O. The second kappa shape index (κ2) is 5.80. The molecular weight excluding hydrogens is 212 g/mol. The fourth-order valence-corrected chi connectivity index (χ4v) is 2.44. The molecule has 1 aromatic rings. The second-order valence-corrected chi connectivity index (χ2v) is 4.70. The molecule has 0 heterocycles. The van der Waals surface area contributed by atoms with Gasteiger partial charge in [-0.1, -0.05) is 19.3 Å². The van der Waals surface area contributed by atoms with Crippen molar-refractivity contribution in [1.82, 2.24) is 0 Å². The molecule has 3 heteroatoms. The molecule has 0 saturated heterocycles. The van der Waals surface area contributed by atoms with Crippen LogP contribution in [-0.2, 0) is 0 Å². The van der Waals surface area contributed by atoms with Crippen molar-refractivity contribution in [2.45, 2.75) is 45.1 Å². The lowest BCUT2D eigenvalue weighted by Crippen LogP contribution is -2.22. The number of hydrogen-bond acceptors (Lipinski definition) is 3. The first-order chi connectivity index (χ1) is 8.28. The third-order valence-corrected chi connectivity index (χ3v) is 3.22. The summed E-state index contributed by atoms with van der Waals surface area (Å²) in [5, 5.41) is 3.56. The minimum atomic E-state index is 0.597. The largest absolute Gasteiger partial charge is 0.494 e. The van der Waals surface area contributed by atoms with Gasteiger partial charge in [-0.05, 0) is 25.8 Å². The highest BCUT2D eigenvalue weighted by atomic mass is 16.5. The maximum Gasteiger partial charge on any atom is 0.123 e. The zero-order chi connectivity index (χ0) is 12.1. The summed E-state index contributed by atoms with van der Waals surface area (Å²) in [4.78, 5) is 0. The van der Waals surface area contributed by atoms with Crippen molar-refractivity contribution in [2.24, 2.45) is 0 Å². The summed E-state index contributed by atoms with van der Waals surface area (Å²) >= 11 is 0. The van der Waals surface area contributed by atoms with Gasteiger partial charge in [-0.2, -0.15) is 0 Å². The van der Waals surface area contributed by atoms with Crippen LogP contribution in [0.4, 0.5) is 11.4 Å². The van der Waals surface area contributed by atoms with E-state index in [1.54, 1.807) is 0 Å². The summed E-state index contributed by atoms with van der Waals surface area (Å²) in [6.07, 6.45) is 6.56. The quantitative estimate of drug-likeness (QED) is 0.785. The van der Waals surface area contributed by atoms with Gasteiger partial charge in [0.1, 0.15) is 5.75 Å². The Kier molecular flexibility index (Phi) is 4.13. The minimum Gasteiger partial charge on any atom is -0.494 e. The van der Waals surface area contributed by atoms with Crippen molar-refractivity contribution in [1.29, 1.82) is 0 Å². The molecule has 1 saturated carbocycles. The lowest BCUT2D eigenvalue weighted by Gasteiger charge is -2.24. The van der Waals surface area contributed by atoms with Crippen molar-refractivity contribution in [3.05, 3.63) is 18.2 Å². The fourth-order valence-electron chi connectivity index (χ4n) is 2.44. The molecule has 1 aliphatic rings. The van der Waals surface area contributed by atoms with Gasteiger partial charge >= 0.3 is 0 Å². The molecule has 0 unspecified atom stereocenters. The van der Waals surface area contributed by atoms with Gasteiger partial charge in [-0.15, -0.1) is 0 Å². The van der Waals surface area contributed by atoms with E-state index < -0.39 is 0 Å². The number of nitrogen functional groups attached to an aromatic ring is 1. The lowest BCUT2D eigenvalue weighted by atomic mass is 9.95. The summed E-state index contributed by atoms with van der Waals surface area (Å²) in [5.41, 5.74) is 7.72. The van der Waals surface area contributed by atoms with Crippen LogP contribution in [0.25, 0.3) is 0 Å². The van der Waals surface area contributed by atoms with Crippen LogP contribution < -0.4 is 15.8 Å². The Morgan fingerprint density at radius 1 is 1.24 bits per heavy atom. The molecule has 94 valence electrons. The molecule has 0 radical (unpaired) electrons. The number of ether oxygens (including phenoxy) is 1. The Hall–Kier alpha value is -1.38. The Labute approximate surface area is 103 Å². The molecule has 0 amide bonds. The highest BCUT2D eigenvalue weighted by molar-refractivity contribution is 5.59. The molecule has 2 rings (SSSR count). The van der Waals surface area contributed by atoms with E-state index in [-0.39, 0.29) is 0 Å². The Balaban J connectivity index is 2.03. The van der Waals surface area contributed by atoms with Crippen LogP contribution in [0.3, 0.4) is 0 Å². The average Bonchev–Trinajstić information content (AvgIpc) is 2.30. The molecule has 0 spiro atoms. The van der Waals surface area contributed by atoms with E-state index in [1.165, 1.54) is 32.1 Å². The van der Waals surface area contributed by atoms with Crippen LogP contribution >= 0.6 is 0 Å². The topological polar surface area (TPSA) is 47.3 Å². The fraction of sp³-hybridized carbons (Fsp3) is 0.571. The monoisotopic (exact) mass is 234 g/mol.